The molecule has 4 rings (SSSR count). The van der Waals surface area contributed by atoms with Crippen molar-refractivity contribution in [2.24, 2.45) is 0 Å². The maximum absolute atomic E-state index is 12.7. The molecule has 2 heterocycles. The summed E-state index contributed by atoms with van der Waals surface area (Å²) in [6.07, 6.45) is 2.22. The van der Waals surface area contributed by atoms with E-state index in [-0.39, 0.29) is 11.7 Å². The second-order valence-electron chi connectivity index (χ2n) is 6.71. The van der Waals surface area contributed by atoms with Gasteiger partial charge in [0.2, 0.25) is 0 Å². The van der Waals surface area contributed by atoms with Crippen LogP contribution in [0.5, 0.6) is 11.5 Å². The first-order valence-corrected chi connectivity index (χ1v) is 9.37. The molecular weight excluding hydrogens is 386 g/mol. The number of ether oxygens (including phenoxy) is 2. The molecule has 2 N–H and O–H groups in total. The van der Waals surface area contributed by atoms with Crippen molar-refractivity contribution < 1.29 is 23.5 Å². The summed E-state index contributed by atoms with van der Waals surface area (Å²) in [4.78, 5) is 26.8. The minimum atomic E-state index is -0.424. The highest BCUT2D eigenvalue weighted by molar-refractivity contribution is 6.06. The van der Waals surface area contributed by atoms with E-state index >= 15 is 0 Å². The number of rotatable bonds is 5. The third-order valence-corrected chi connectivity index (χ3v) is 4.83. The number of furan rings is 1. The van der Waals surface area contributed by atoms with Gasteiger partial charge in [-0.2, -0.15) is 0 Å². The number of anilines is 3. The number of urea groups is 1. The van der Waals surface area contributed by atoms with Crippen molar-refractivity contribution in [2.45, 2.75) is 6.42 Å². The van der Waals surface area contributed by atoms with Gasteiger partial charge < -0.3 is 29.4 Å². The first-order valence-electron chi connectivity index (χ1n) is 9.37. The van der Waals surface area contributed by atoms with Gasteiger partial charge in [0, 0.05) is 41.8 Å². The summed E-state index contributed by atoms with van der Waals surface area (Å²) in [5, 5.41) is 5.55. The van der Waals surface area contributed by atoms with Gasteiger partial charge in [-0.1, -0.05) is 6.07 Å². The van der Waals surface area contributed by atoms with Crippen LogP contribution in [-0.2, 0) is 6.42 Å². The number of carbonyl (C=O) groups is 2. The van der Waals surface area contributed by atoms with E-state index in [9.17, 15) is 9.59 Å². The van der Waals surface area contributed by atoms with E-state index in [0.717, 1.165) is 17.7 Å². The molecule has 1 aromatic heterocycles. The second kappa shape index (κ2) is 8.20. The van der Waals surface area contributed by atoms with E-state index in [0.29, 0.717) is 29.4 Å². The van der Waals surface area contributed by atoms with Crippen LogP contribution in [0.4, 0.5) is 21.9 Å². The van der Waals surface area contributed by atoms with Gasteiger partial charge in [-0.05, 0) is 36.2 Å². The fourth-order valence-electron chi connectivity index (χ4n) is 3.37. The molecule has 2 aromatic carbocycles. The number of fused-ring (bicyclic) bond motifs is 1. The van der Waals surface area contributed by atoms with Gasteiger partial charge in [0.15, 0.2) is 5.76 Å². The molecule has 0 aliphatic carbocycles. The fourth-order valence-corrected chi connectivity index (χ4v) is 3.37. The molecule has 154 valence electrons. The Kier molecular flexibility index (Phi) is 5.30. The van der Waals surface area contributed by atoms with Crippen LogP contribution < -0.4 is 25.0 Å². The highest BCUT2D eigenvalue weighted by Gasteiger charge is 2.27. The van der Waals surface area contributed by atoms with Gasteiger partial charge >= 0.3 is 6.03 Å². The standard InChI is InChI=1S/C22H21N3O5/c1-28-17-10-16(11-18(13-17)29-2)24-22(27)23-15-6-5-14-7-8-25(19(14)12-15)21(26)20-4-3-9-30-20/h3-6,9-13H,7-8H2,1-2H3,(H2,23,24,27). The minimum absolute atomic E-state index is 0.205. The fraction of sp³-hybridized carbons (Fsp3) is 0.182. The average Bonchev–Trinajstić information content (AvgIpc) is 3.42. The number of carbonyl (C=O) groups excluding carboxylic acids is 2. The van der Waals surface area contributed by atoms with Gasteiger partial charge in [-0.3, -0.25) is 4.79 Å². The van der Waals surface area contributed by atoms with Crippen LogP contribution in [0, 0.1) is 0 Å². The van der Waals surface area contributed by atoms with E-state index in [1.54, 1.807) is 55.5 Å². The summed E-state index contributed by atoms with van der Waals surface area (Å²) in [5.74, 6) is 1.21. The maximum Gasteiger partial charge on any atom is 0.323 e. The number of hydrogen-bond acceptors (Lipinski definition) is 5. The summed E-state index contributed by atoms with van der Waals surface area (Å²) in [6.45, 7) is 0.564. The molecule has 3 aromatic rings. The van der Waals surface area contributed by atoms with Crippen molar-refractivity contribution in [2.75, 3.05) is 36.3 Å². The normalized spacial score (nSPS) is 12.3. The first-order chi connectivity index (χ1) is 14.6. The van der Waals surface area contributed by atoms with Crippen LogP contribution in [0.2, 0.25) is 0 Å². The van der Waals surface area contributed by atoms with Gasteiger partial charge in [-0.15, -0.1) is 0 Å². The van der Waals surface area contributed by atoms with Crippen LogP contribution in [0.3, 0.4) is 0 Å². The molecule has 0 atom stereocenters. The summed E-state index contributed by atoms with van der Waals surface area (Å²) < 4.78 is 15.7. The Morgan fingerprint density at radius 3 is 2.37 bits per heavy atom. The summed E-state index contributed by atoms with van der Waals surface area (Å²) in [5.41, 5.74) is 2.90. The molecule has 1 aliphatic rings. The Balaban J connectivity index is 1.49. The molecule has 0 saturated carbocycles. The minimum Gasteiger partial charge on any atom is -0.497 e. The SMILES string of the molecule is COc1cc(NC(=O)Nc2ccc3c(c2)N(C(=O)c2ccco2)CC3)cc(OC)c1. The van der Waals surface area contributed by atoms with Crippen molar-refractivity contribution >= 4 is 29.0 Å². The Morgan fingerprint density at radius 2 is 1.70 bits per heavy atom. The van der Waals surface area contributed by atoms with Crippen LogP contribution in [0.1, 0.15) is 16.1 Å². The maximum atomic E-state index is 12.7. The highest BCUT2D eigenvalue weighted by atomic mass is 16.5. The van der Waals surface area contributed by atoms with Crippen LogP contribution >= 0.6 is 0 Å². The Morgan fingerprint density at radius 1 is 0.967 bits per heavy atom. The molecule has 0 radical (unpaired) electrons. The molecule has 3 amide bonds. The van der Waals surface area contributed by atoms with Crippen molar-refractivity contribution in [3.63, 3.8) is 0 Å². The van der Waals surface area contributed by atoms with E-state index in [1.165, 1.54) is 6.26 Å². The molecular formula is C22H21N3O5. The van der Waals surface area contributed by atoms with E-state index in [4.69, 9.17) is 13.9 Å². The summed E-state index contributed by atoms with van der Waals surface area (Å²) in [7, 11) is 3.08. The quantitative estimate of drug-likeness (QED) is 0.663. The van der Waals surface area contributed by atoms with Crippen LogP contribution in [-0.4, -0.2) is 32.7 Å². The van der Waals surface area contributed by atoms with Gasteiger partial charge in [0.1, 0.15) is 11.5 Å². The van der Waals surface area contributed by atoms with E-state index in [1.807, 2.05) is 12.1 Å². The second-order valence-corrected chi connectivity index (χ2v) is 6.71. The van der Waals surface area contributed by atoms with Crippen molar-refractivity contribution in [3.8, 4) is 11.5 Å². The predicted molar refractivity (Wildman–Crippen MR) is 113 cm³/mol. The van der Waals surface area contributed by atoms with Gasteiger partial charge in [-0.25, -0.2) is 4.79 Å². The molecule has 0 fully saturated rings. The Hall–Kier alpha value is -3.94. The molecule has 8 heteroatoms. The topological polar surface area (TPSA) is 93.0 Å². The van der Waals surface area contributed by atoms with E-state index in [2.05, 4.69) is 10.6 Å². The third-order valence-electron chi connectivity index (χ3n) is 4.83. The molecule has 8 nitrogen and oxygen atoms in total. The smallest absolute Gasteiger partial charge is 0.323 e. The Bertz CT molecular complexity index is 1060. The number of nitrogens with zero attached hydrogens (tertiary/aromatic N) is 1. The van der Waals surface area contributed by atoms with Crippen molar-refractivity contribution in [3.05, 3.63) is 66.1 Å². The average molecular weight is 407 g/mol. The summed E-state index contributed by atoms with van der Waals surface area (Å²) in [6, 6.07) is 13.5. The zero-order chi connectivity index (χ0) is 21.1. The first kappa shape index (κ1) is 19.4. The lowest BCUT2D eigenvalue weighted by Gasteiger charge is -2.17. The van der Waals surface area contributed by atoms with Crippen molar-refractivity contribution in [1.82, 2.24) is 0 Å². The zero-order valence-electron chi connectivity index (χ0n) is 16.6. The molecule has 1 aliphatic heterocycles. The predicted octanol–water partition coefficient (Wildman–Crippen LogP) is 4.14. The number of nitrogens with one attached hydrogen (secondary N) is 2. The molecule has 0 saturated heterocycles. The number of amides is 3. The number of hydrogen-bond donors (Lipinski definition) is 2. The Labute approximate surface area is 173 Å². The largest absolute Gasteiger partial charge is 0.497 e. The lowest BCUT2D eigenvalue weighted by Crippen LogP contribution is -2.28. The van der Waals surface area contributed by atoms with Gasteiger partial charge in [0.05, 0.1) is 20.5 Å². The molecule has 0 unspecified atom stereocenters. The summed E-state index contributed by atoms with van der Waals surface area (Å²) >= 11 is 0. The highest BCUT2D eigenvalue weighted by Crippen LogP contribution is 2.32. The zero-order valence-corrected chi connectivity index (χ0v) is 16.6. The van der Waals surface area contributed by atoms with Gasteiger partial charge in [0.25, 0.3) is 5.91 Å². The number of benzene rings is 2. The lowest BCUT2D eigenvalue weighted by atomic mass is 10.1. The third kappa shape index (κ3) is 3.93. The van der Waals surface area contributed by atoms with Crippen LogP contribution in [0.15, 0.2) is 59.2 Å². The molecule has 0 bridgehead atoms. The van der Waals surface area contributed by atoms with Crippen molar-refractivity contribution in [1.29, 1.82) is 0 Å². The monoisotopic (exact) mass is 407 g/mol. The molecule has 0 spiro atoms. The number of methoxy groups -OCH3 is 2. The lowest BCUT2D eigenvalue weighted by molar-refractivity contribution is 0.0963. The molecule has 30 heavy (non-hydrogen) atoms. The van der Waals surface area contributed by atoms with Crippen LogP contribution in [0.25, 0.3) is 0 Å². The van der Waals surface area contributed by atoms with E-state index < -0.39 is 6.03 Å².